The monoisotopic (exact) mass is 374 g/mol. The first kappa shape index (κ1) is 19.0. The van der Waals surface area contributed by atoms with E-state index in [1.165, 1.54) is 6.26 Å². The highest BCUT2D eigenvalue weighted by atomic mass is 16.5. The van der Waals surface area contributed by atoms with Crippen molar-refractivity contribution in [3.8, 4) is 5.88 Å². The molecule has 0 aromatic carbocycles. The van der Waals surface area contributed by atoms with Crippen molar-refractivity contribution in [2.24, 2.45) is 0 Å². The van der Waals surface area contributed by atoms with E-state index in [2.05, 4.69) is 12.0 Å². The highest BCUT2D eigenvalue weighted by molar-refractivity contribution is 5.96. The summed E-state index contributed by atoms with van der Waals surface area (Å²) in [7, 11) is 0. The Morgan fingerprint density at radius 1 is 1.11 bits per heavy atom. The van der Waals surface area contributed by atoms with E-state index in [1.807, 2.05) is 6.92 Å². The van der Waals surface area contributed by atoms with Crippen molar-refractivity contribution in [3.05, 3.63) is 35.9 Å². The second-order valence-corrected chi connectivity index (χ2v) is 6.52. The summed E-state index contributed by atoms with van der Waals surface area (Å²) in [6, 6.07) is 3.35. The van der Waals surface area contributed by atoms with E-state index in [1.54, 1.807) is 32.8 Å². The molecule has 0 saturated carbocycles. The molecule has 0 atom stereocenters. The molecule has 0 aliphatic carbocycles. The van der Waals surface area contributed by atoms with Crippen LogP contribution in [0.15, 0.2) is 29.0 Å². The van der Waals surface area contributed by atoms with E-state index in [9.17, 15) is 9.59 Å². The molecule has 0 N–H and O–H groups in total. The van der Waals surface area contributed by atoms with Crippen LogP contribution in [0.2, 0.25) is 0 Å². The van der Waals surface area contributed by atoms with E-state index in [0.717, 1.165) is 19.4 Å². The quantitative estimate of drug-likeness (QED) is 0.743. The number of carbonyl (C=O) groups is 2. The highest BCUT2D eigenvalue weighted by Crippen LogP contribution is 2.20. The molecule has 2 aromatic rings. The standard InChI is InChI=1S/C19H26N4O4/c1-3-7-23-14-15(17(20-23)27-12-4-2)18(24)21-8-10-22(11-9-21)19(25)16-6-5-13-26-16/h5-6,13-14H,3-4,7-12H2,1-2H3. The molecule has 1 fully saturated rings. The molecule has 8 nitrogen and oxygen atoms in total. The van der Waals surface area contributed by atoms with Gasteiger partial charge in [0.15, 0.2) is 5.76 Å². The second-order valence-electron chi connectivity index (χ2n) is 6.52. The first-order chi connectivity index (χ1) is 13.1. The van der Waals surface area contributed by atoms with Crippen LogP contribution in [0.1, 0.15) is 47.6 Å². The molecule has 1 saturated heterocycles. The van der Waals surface area contributed by atoms with Crippen LogP contribution in [0, 0.1) is 0 Å². The fourth-order valence-electron chi connectivity index (χ4n) is 3.04. The summed E-state index contributed by atoms with van der Waals surface area (Å²) >= 11 is 0. The van der Waals surface area contributed by atoms with E-state index in [-0.39, 0.29) is 11.8 Å². The molecule has 3 rings (SSSR count). The number of hydrogen-bond acceptors (Lipinski definition) is 5. The molecule has 0 bridgehead atoms. The minimum absolute atomic E-state index is 0.103. The summed E-state index contributed by atoms with van der Waals surface area (Å²) in [5.74, 6) is 0.471. The third kappa shape index (κ3) is 4.32. The molecule has 0 radical (unpaired) electrons. The molecular formula is C19H26N4O4. The molecule has 2 amide bonds. The Kier molecular flexibility index (Phi) is 6.16. The van der Waals surface area contributed by atoms with E-state index < -0.39 is 0 Å². The molecule has 0 unspecified atom stereocenters. The van der Waals surface area contributed by atoms with Crippen LogP contribution in [0.3, 0.4) is 0 Å². The van der Waals surface area contributed by atoms with E-state index in [0.29, 0.717) is 50.0 Å². The smallest absolute Gasteiger partial charge is 0.289 e. The predicted molar refractivity (Wildman–Crippen MR) is 98.8 cm³/mol. The lowest BCUT2D eigenvalue weighted by Gasteiger charge is -2.34. The van der Waals surface area contributed by atoms with Gasteiger partial charge >= 0.3 is 0 Å². The zero-order valence-corrected chi connectivity index (χ0v) is 15.9. The number of nitrogens with zero attached hydrogens (tertiary/aromatic N) is 4. The minimum Gasteiger partial charge on any atom is -0.476 e. The maximum absolute atomic E-state index is 13.0. The summed E-state index contributed by atoms with van der Waals surface area (Å²) in [6.45, 7) is 7.22. The summed E-state index contributed by atoms with van der Waals surface area (Å²) < 4.78 is 12.6. The van der Waals surface area contributed by atoms with Crippen LogP contribution in [-0.2, 0) is 6.54 Å². The van der Waals surface area contributed by atoms with Crippen LogP contribution in [-0.4, -0.2) is 64.2 Å². The van der Waals surface area contributed by atoms with Gasteiger partial charge in [-0.1, -0.05) is 13.8 Å². The third-order valence-corrected chi connectivity index (χ3v) is 4.44. The molecule has 146 valence electrons. The van der Waals surface area contributed by atoms with Crippen LogP contribution in [0.25, 0.3) is 0 Å². The zero-order chi connectivity index (χ0) is 19.2. The van der Waals surface area contributed by atoms with E-state index in [4.69, 9.17) is 9.15 Å². The van der Waals surface area contributed by atoms with Crippen molar-refractivity contribution in [2.75, 3.05) is 32.8 Å². The Morgan fingerprint density at radius 2 is 1.81 bits per heavy atom. The molecule has 0 spiro atoms. The summed E-state index contributed by atoms with van der Waals surface area (Å²) in [5.41, 5.74) is 0.489. The number of carbonyl (C=O) groups excluding carboxylic acids is 2. The number of aryl methyl sites for hydroxylation is 1. The summed E-state index contributed by atoms with van der Waals surface area (Å²) in [6.07, 6.45) is 5.02. The van der Waals surface area contributed by atoms with Crippen LogP contribution in [0.5, 0.6) is 5.88 Å². The first-order valence-electron chi connectivity index (χ1n) is 9.46. The zero-order valence-electron chi connectivity index (χ0n) is 15.9. The Balaban J connectivity index is 1.65. The van der Waals surface area contributed by atoms with Gasteiger partial charge in [0.2, 0.25) is 5.88 Å². The van der Waals surface area contributed by atoms with Gasteiger partial charge < -0.3 is 19.0 Å². The molecule has 27 heavy (non-hydrogen) atoms. The third-order valence-electron chi connectivity index (χ3n) is 4.44. The number of hydrogen-bond donors (Lipinski definition) is 0. The van der Waals surface area contributed by atoms with Gasteiger partial charge in [-0.2, -0.15) is 0 Å². The fourth-order valence-corrected chi connectivity index (χ4v) is 3.04. The van der Waals surface area contributed by atoms with Crippen molar-refractivity contribution >= 4 is 11.8 Å². The average Bonchev–Trinajstić information content (AvgIpc) is 3.36. The molecule has 3 heterocycles. The van der Waals surface area contributed by atoms with Crippen molar-refractivity contribution in [1.29, 1.82) is 0 Å². The number of amides is 2. The van der Waals surface area contributed by atoms with Crippen LogP contribution in [0.4, 0.5) is 0 Å². The number of furan rings is 1. The Labute approximate surface area is 158 Å². The van der Waals surface area contributed by atoms with Crippen molar-refractivity contribution in [3.63, 3.8) is 0 Å². The van der Waals surface area contributed by atoms with Gasteiger partial charge in [0.05, 0.1) is 12.9 Å². The van der Waals surface area contributed by atoms with Gasteiger partial charge in [-0.25, -0.2) is 0 Å². The molecule has 8 heteroatoms. The Bertz CT molecular complexity index is 761. The lowest BCUT2D eigenvalue weighted by atomic mass is 10.2. The number of ether oxygens (including phenoxy) is 1. The largest absolute Gasteiger partial charge is 0.476 e. The summed E-state index contributed by atoms with van der Waals surface area (Å²) in [5, 5.41) is 4.40. The van der Waals surface area contributed by atoms with Gasteiger partial charge in [-0.05, 0) is 25.0 Å². The maximum Gasteiger partial charge on any atom is 0.289 e. The van der Waals surface area contributed by atoms with Gasteiger partial charge in [0.1, 0.15) is 5.56 Å². The van der Waals surface area contributed by atoms with Crippen molar-refractivity contribution in [1.82, 2.24) is 19.6 Å². The lowest BCUT2D eigenvalue weighted by Crippen LogP contribution is -2.50. The second kappa shape index (κ2) is 8.75. The van der Waals surface area contributed by atoms with Gasteiger partial charge in [0, 0.05) is 38.9 Å². The SMILES string of the molecule is CCCOc1nn(CCC)cc1C(=O)N1CCN(C(=O)c2ccco2)CC1. The molecular weight excluding hydrogens is 348 g/mol. The molecule has 1 aliphatic rings. The minimum atomic E-state index is -0.144. The number of aromatic nitrogens is 2. The molecule has 2 aromatic heterocycles. The van der Waals surface area contributed by atoms with Crippen LogP contribution < -0.4 is 4.74 Å². The normalized spacial score (nSPS) is 14.4. The Hall–Kier alpha value is -2.77. The lowest BCUT2D eigenvalue weighted by molar-refractivity contribution is 0.0516. The van der Waals surface area contributed by atoms with Crippen LogP contribution >= 0.6 is 0 Å². The van der Waals surface area contributed by atoms with Gasteiger partial charge in [0.25, 0.3) is 11.8 Å². The summed E-state index contributed by atoms with van der Waals surface area (Å²) in [4.78, 5) is 28.8. The fraction of sp³-hybridized carbons (Fsp3) is 0.526. The highest BCUT2D eigenvalue weighted by Gasteiger charge is 2.29. The van der Waals surface area contributed by atoms with Gasteiger partial charge in [-0.15, -0.1) is 5.10 Å². The first-order valence-corrected chi connectivity index (χ1v) is 9.46. The Morgan fingerprint density at radius 3 is 2.41 bits per heavy atom. The number of piperazine rings is 1. The van der Waals surface area contributed by atoms with Gasteiger partial charge in [-0.3, -0.25) is 14.3 Å². The van der Waals surface area contributed by atoms with Crippen molar-refractivity contribution in [2.45, 2.75) is 33.2 Å². The topological polar surface area (TPSA) is 80.8 Å². The average molecular weight is 374 g/mol. The molecule has 1 aliphatic heterocycles. The van der Waals surface area contributed by atoms with Crippen molar-refractivity contribution < 1.29 is 18.7 Å². The van der Waals surface area contributed by atoms with E-state index >= 15 is 0 Å². The number of rotatable bonds is 7. The maximum atomic E-state index is 13.0. The predicted octanol–water partition coefficient (Wildman–Crippen LogP) is 2.27.